The molecule has 1 N–H and O–H groups in total. The van der Waals surface area contributed by atoms with Crippen LogP contribution < -0.4 is 5.32 Å². The number of amides is 1. The van der Waals surface area contributed by atoms with Crippen LogP contribution in [0.4, 0.5) is 4.79 Å². The fourth-order valence-corrected chi connectivity index (χ4v) is 1.39. The molecule has 0 saturated carbocycles. The Kier molecular flexibility index (Phi) is 8.46. The Morgan fingerprint density at radius 1 is 1.12 bits per heavy atom. The number of unbranched alkanes of at least 4 members (excludes halogenated alkanes) is 5. The molecule has 4 nitrogen and oxygen atoms in total. The summed E-state index contributed by atoms with van der Waals surface area (Å²) >= 11 is 0. The molecule has 0 spiro atoms. The molecule has 0 rings (SSSR count). The molecule has 0 atom stereocenters. The van der Waals surface area contributed by atoms with Gasteiger partial charge in [0.25, 0.3) is 0 Å². The number of rotatable bonds is 8. The quantitative estimate of drug-likeness (QED) is 0.526. The Labute approximate surface area is 104 Å². The van der Waals surface area contributed by atoms with Crippen molar-refractivity contribution in [2.75, 3.05) is 6.54 Å². The standard InChI is InChI=1S/C13H25NO3/c1-13(2,3)17-12(16)14-10-8-6-4-5-7-9-11-15/h11H,4-10H2,1-3H3,(H,14,16). The van der Waals surface area contributed by atoms with Crippen LogP contribution in [0.15, 0.2) is 0 Å². The molecule has 0 aromatic carbocycles. The summed E-state index contributed by atoms with van der Waals surface area (Å²) in [5, 5.41) is 2.72. The van der Waals surface area contributed by atoms with Crippen LogP contribution in [-0.2, 0) is 9.53 Å². The first-order valence-corrected chi connectivity index (χ1v) is 6.36. The van der Waals surface area contributed by atoms with E-state index in [1.54, 1.807) is 0 Å². The maximum atomic E-state index is 11.3. The van der Waals surface area contributed by atoms with Gasteiger partial charge in [0, 0.05) is 13.0 Å². The third-order valence-electron chi connectivity index (χ3n) is 2.17. The second kappa shape index (κ2) is 9.02. The van der Waals surface area contributed by atoms with Gasteiger partial charge >= 0.3 is 6.09 Å². The first-order chi connectivity index (χ1) is 7.95. The van der Waals surface area contributed by atoms with Gasteiger partial charge in [-0.15, -0.1) is 0 Å². The van der Waals surface area contributed by atoms with Gasteiger partial charge in [-0.2, -0.15) is 0 Å². The molecule has 0 heterocycles. The molecule has 0 aliphatic heterocycles. The summed E-state index contributed by atoms with van der Waals surface area (Å²) in [5.41, 5.74) is -0.432. The van der Waals surface area contributed by atoms with E-state index >= 15 is 0 Å². The number of carbonyl (C=O) groups is 2. The van der Waals surface area contributed by atoms with E-state index in [9.17, 15) is 9.59 Å². The van der Waals surface area contributed by atoms with Gasteiger partial charge in [-0.25, -0.2) is 4.79 Å². The zero-order chi connectivity index (χ0) is 13.1. The lowest BCUT2D eigenvalue weighted by Crippen LogP contribution is -2.32. The second-order valence-corrected chi connectivity index (χ2v) is 5.15. The highest BCUT2D eigenvalue weighted by molar-refractivity contribution is 5.67. The van der Waals surface area contributed by atoms with Crippen LogP contribution in [-0.4, -0.2) is 24.5 Å². The van der Waals surface area contributed by atoms with Gasteiger partial charge in [0.2, 0.25) is 0 Å². The minimum Gasteiger partial charge on any atom is -0.444 e. The number of alkyl carbamates (subject to hydrolysis) is 1. The van der Waals surface area contributed by atoms with Gasteiger partial charge < -0.3 is 14.8 Å². The predicted octanol–water partition coefficient (Wildman–Crippen LogP) is 3.05. The molecule has 0 aromatic heterocycles. The minimum atomic E-state index is -0.432. The van der Waals surface area contributed by atoms with E-state index in [2.05, 4.69) is 5.32 Å². The number of ether oxygens (including phenoxy) is 1. The molecule has 1 amide bonds. The number of hydrogen-bond donors (Lipinski definition) is 1. The zero-order valence-electron chi connectivity index (χ0n) is 11.3. The zero-order valence-corrected chi connectivity index (χ0v) is 11.3. The molecule has 0 aliphatic carbocycles. The predicted molar refractivity (Wildman–Crippen MR) is 68.0 cm³/mol. The van der Waals surface area contributed by atoms with Crippen LogP contribution in [0.2, 0.25) is 0 Å². The lowest BCUT2D eigenvalue weighted by Gasteiger charge is -2.19. The van der Waals surface area contributed by atoms with Gasteiger partial charge in [0.1, 0.15) is 11.9 Å². The third kappa shape index (κ3) is 12.9. The highest BCUT2D eigenvalue weighted by atomic mass is 16.6. The van der Waals surface area contributed by atoms with Crippen LogP contribution in [0.5, 0.6) is 0 Å². The monoisotopic (exact) mass is 243 g/mol. The average molecular weight is 243 g/mol. The first-order valence-electron chi connectivity index (χ1n) is 6.36. The van der Waals surface area contributed by atoms with Gasteiger partial charge in [-0.1, -0.05) is 19.3 Å². The molecule has 0 aliphatic rings. The van der Waals surface area contributed by atoms with Crippen LogP contribution >= 0.6 is 0 Å². The molecule has 0 bridgehead atoms. The lowest BCUT2D eigenvalue weighted by molar-refractivity contribution is -0.107. The van der Waals surface area contributed by atoms with Crippen molar-refractivity contribution in [3.05, 3.63) is 0 Å². The normalized spacial score (nSPS) is 11.0. The van der Waals surface area contributed by atoms with E-state index in [0.717, 1.165) is 38.4 Å². The molecular weight excluding hydrogens is 218 g/mol. The van der Waals surface area contributed by atoms with E-state index in [1.165, 1.54) is 0 Å². The summed E-state index contributed by atoms with van der Waals surface area (Å²) < 4.78 is 5.11. The van der Waals surface area contributed by atoms with Gasteiger partial charge in [-0.05, 0) is 33.6 Å². The first kappa shape index (κ1) is 15.9. The molecule has 0 fully saturated rings. The van der Waals surface area contributed by atoms with Crippen molar-refractivity contribution in [1.82, 2.24) is 5.32 Å². The molecule has 0 unspecified atom stereocenters. The summed E-state index contributed by atoms with van der Waals surface area (Å²) in [6.45, 7) is 6.20. The van der Waals surface area contributed by atoms with E-state index in [0.29, 0.717) is 13.0 Å². The van der Waals surface area contributed by atoms with Gasteiger partial charge in [0.15, 0.2) is 0 Å². The Balaban J connectivity index is 3.28. The number of nitrogens with one attached hydrogen (secondary N) is 1. The molecule has 0 aromatic rings. The summed E-state index contributed by atoms with van der Waals surface area (Å²) in [5.74, 6) is 0. The Morgan fingerprint density at radius 3 is 2.29 bits per heavy atom. The fraction of sp³-hybridized carbons (Fsp3) is 0.846. The van der Waals surface area contributed by atoms with Crippen molar-refractivity contribution in [3.8, 4) is 0 Å². The molecular formula is C13H25NO3. The van der Waals surface area contributed by atoms with E-state index < -0.39 is 5.60 Å². The van der Waals surface area contributed by atoms with Crippen LogP contribution in [0.1, 0.15) is 59.3 Å². The fourth-order valence-electron chi connectivity index (χ4n) is 1.39. The van der Waals surface area contributed by atoms with Crippen LogP contribution in [0.25, 0.3) is 0 Å². The maximum absolute atomic E-state index is 11.3. The average Bonchev–Trinajstić information content (AvgIpc) is 2.19. The Morgan fingerprint density at radius 2 is 1.71 bits per heavy atom. The van der Waals surface area contributed by atoms with Gasteiger partial charge in [-0.3, -0.25) is 0 Å². The molecule has 0 radical (unpaired) electrons. The largest absolute Gasteiger partial charge is 0.444 e. The highest BCUT2D eigenvalue weighted by Crippen LogP contribution is 2.07. The van der Waals surface area contributed by atoms with Crippen molar-refractivity contribution in [3.63, 3.8) is 0 Å². The SMILES string of the molecule is CC(C)(C)OC(=O)NCCCCCCCC=O. The molecule has 17 heavy (non-hydrogen) atoms. The van der Waals surface area contributed by atoms with Crippen molar-refractivity contribution in [1.29, 1.82) is 0 Å². The number of aldehydes is 1. The van der Waals surface area contributed by atoms with Crippen molar-refractivity contribution in [2.24, 2.45) is 0 Å². The Hall–Kier alpha value is -1.06. The number of carbonyl (C=O) groups excluding carboxylic acids is 2. The summed E-state index contributed by atoms with van der Waals surface area (Å²) in [6.07, 6.45) is 6.49. The summed E-state index contributed by atoms with van der Waals surface area (Å²) in [4.78, 5) is 21.3. The second-order valence-electron chi connectivity index (χ2n) is 5.15. The van der Waals surface area contributed by atoms with Crippen molar-refractivity contribution >= 4 is 12.4 Å². The molecule has 100 valence electrons. The Bertz CT molecular complexity index is 221. The van der Waals surface area contributed by atoms with Crippen molar-refractivity contribution in [2.45, 2.75) is 64.9 Å². The van der Waals surface area contributed by atoms with Crippen LogP contribution in [0.3, 0.4) is 0 Å². The van der Waals surface area contributed by atoms with Crippen LogP contribution in [0, 0.1) is 0 Å². The minimum absolute atomic E-state index is 0.349. The highest BCUT2D eigenvalue weighted by Gasteiger charge is 2.15. The number of hydrogen-bond acceptors (Lipinski definition) is 3. The summed E-state index contributed by atoms with van der Waals surface area (Å²) in [7, 11) is 0. The maximum Gasteiger partial charge on any atom is 0.407 e. The van der Waals surface area contributed by atoms with E-state index in [-0.39, 0.29) is 6.09 Å². The van der Waals surface area contributed by atoms with Crippen molar-refractivity contribution < 1.29 is 14.3 Å². The van der Waals surface area contributed by atoms with Gasteiger partial charge in [0.05, 0.1) is 0 Å². The van der Waals surface area contributed by atoms with E-state index in [1.807, 2.05) is 20.8 Å². The third-order valence-corrected chi connectivity index (χ3v) is 2.17. The molecule has 0 saturated heterocycles. The smallest absolute Gasteiger partial charge is 0.407 e. The summed E-state index contributed by atoms with van der Waals surface area (Å²) in [6, 6.07) is 0. The van der Waals surface area contributed by atoms with E-state index in [4.69, 9.17) is 4.74 Å². The molecule has 4 heteroatoms. The topological polar surface area (TPSA) is 55.4 Å². The lowest BCUT2D eigenvalue weighted by atomic mass is 10.1.